The molecule has 0 aromatic heterocycles. The fourth-order valence-corrected chi connectivity index (χ4v) is 3.18. The maximum Gasteiger partial charge on any atom is 0.242 e. The first-order valence-corrected chi connectivity index (χ1v) is 8.96. The number of nitrogens with zero attached hydrogens (tertiary/aromatic N) is 1. The standard InChI is InChI=1S/C13H22N2O2S2/c1-11(10-18-4)9-14-12-5-7-13(8-6-12)19(16,17)15(2)3/h5-8,11,14H,9-10H2,1-4H3. The van der Waals surface area contributed by atoms with Crippen LogP contribution in [0.25, 0.3) is 0 Å². The molecule has 0 fully saturated rings. The second-order valence-corrected chi connectivity index (χ2v) is 7.82. The Kier molecular flexibility index (Phi) is 6.16. The number of anilines is 1. The molecule has 0 heterocycles. The van der Waals surface area contributed by atoms with E-state index in [1.165, 1.54) is 18.4 Å². The van der Waals surface area contributed by atoms with Gasteiger partial charge in [-0.05, 0) is 42.2 Å². The molecule has 0 radical (unpaired) electrons. The van der Waals surface area contributed by atoms with E-state index in [9.17, 15) is 8.42 Å². The van der Waals surface area contributed by atoms with Gasteiger partial charge >= 0.3 is 0 Å². The van der Waals surface area contributed by atoms with Gasteiger partial charge in [0.05, 0.1) is 4.90 Å². The summed E-state index contributed by atoms with van der Waals surface area (Å²) in [7, 11) is -0.265. The number of rotatable bonds is 7. The van der Waals surface area contributed by atoms with E-state index in [4.69, 9.17) is 0 Å². The topological polar surface area (TPSA) is 49.4 Å². The zero-order valence-electron chi connectivity index (χ0n) is 11.9. The van der Waals surface area contributed by atoms with E-state index in [2.05, 4.69) is 18.5 Å². The molecule has 1 rings (SSSR count). The molecule has 0 bridgehead atoms. The van der Waals surface area contributed by atoms with E-state index in [0.29, 0.717) is 10.8 Å². The minimum atomic E-state index is -3.33. The molecule has 1 N–H and O–H groups in total. The fraction of sp³-hybridized carbons (Fsp3) is 0.538. The molecule has 1 aromatic carbocycles. The molecule has 6 heteroatoms. The van der Waals surface area contributed by atoms with Crippen LogP contribution in [0.5, 0.6) is 0 Å². The first kappa shape index (κ1) is 16.3. The van der Waals surface area contributed by atoms with E-state index in [-0.39, 0.29) is 0 Å². The largest absolute Gasteiger partial charge is 0.385 e. The van der Waals surface area contributed by atoms with Crippen LogP contribution in [0, 0.1) is 5.92 Å². The Morgan fingerprint density at radius 1 is 1.26 bits per heavy atom. The van der Waals surface area contributed by atoms with Crippen LogP contribution >= 0.6 is 11.8 Å². The maximum absolute atomic E-state index is 11.9. The monoisotopic (exact) mass is 302 g/mol. The van der Waals surface area contributed by atoms with Gasteiger partial charge in [-0.1, -0.05) is 6.92 Å². The van der Waals surface area contributed by atoms with Gasteiger partial charge in [0.15, 0.2) is 0 Å². The van der Waals surface area contributed by atoms with Crippen molar-refractivity contribution in [3.63, 3.8) is 0 Å². The van der Waals surface area contributed by atoms with Gasteiger partial charge in [-0.2, -0.15) is 11.8 Å². The first-order chi connectivity index (χ1) is 8.87. The molecule has 0 saturated carbocycles. The van der Waals surface area contributed by atoms with Gasteiger partial charge in [0, 0.05) is 26.3 Å². The van der Waals surface area contributed by atoms with Crippen LogP contribution in [0.1, 0.15) is 6.92 Å². The van der Waals surface area contributed by atoms with Crippen molar-refractivity contribution in [2.75, 3.05) is 38.0 Å². The van der Waals surface area contributed by atoms with Gasteiger partial charge in [-0.25, -0.2) is 12.7 Å². The smallest absolute Gasteiger partial charge is 0.242 e. The number of sulfonamides is 1. The van der Waals surface area contributed by atoms with Gasteiger partial charge in [0.25, 0.3) is 0 Å². The molecule has 0 saturated heterocycles. The van der Waals surface area contributed by atoms with Crippen molar-refractivity contribution in [2.45, 2.75) is 11.8 Å². The van der Waals surface area contributed by atoms with Crippen LogP contribution < -0.4 is 5.32 Å². The highest BCUT2D eigenvalue weighted by Crippen LogP contribution is 2.17. The van der Waals surface area contributed by atoms with Crippen molar-refractivity contribution in [1.82, 2.24) is 4.31 Å². The lowest BCUT2D eigenvalue weighted by Gasteiger charge is -2.14. The van der Waals surface area contributed by atoms with Crippen molar-refractivity contribution >= 4 is 27.5 Å². The van der Waals surface area contributed by atoms with Crippen molar-refractivity contribution in [3.05, 3.63) is 24.3 Å². The maximum atomic E-state index is 11.9. The summed E-state index contributed by atoms with van der Waals surface area (Å²) in [5.41, 5.74) is 0.950. The summed E-state index contributed by atoms with van der Waals surface area (Å²) >= 11 is 1.83. The SMILES string of the molecule is CSCC(C)CNc1ccc(S(=O)(=O)N(C)C)cc1. The molecule has 0 aliphatic carbocycles. The van der Waals surface area contributed by atoms with Gasteiger partial charge in [0.1, 0.15) is 0 Å². The summed E-state index contributed by atoms with van der Waals surface area (Å²) in [6.45, 7) is 3.08. The van der Waals surface area contributed by atoms with E-state index in [1.54, 1.807) is 12.1 Å². The Labute approximate surface area is 120 Å². The van der Waals surface area contributed by atoms with Gasteiger partial charge in [-0.15, -0.1) is 0 Å². The van der Waals surface area contributed by atoms with Crippen LogP contribution in [0.3, 0.4) is 0 Å². The van der Waals surface area contributed by atoms with E-state index in [0.717, 1.165) is 18.0 Å². The fourth-order valence-electron chi connectivity index (χ4n) is 1.59. The lowest BCUT2D eigenvalue weighted by atomic mass is 10.2. The van der Waals surface area contributed by atoms with Crippen LogP contribution in [-0.4, -0.2) is 45.4 Å². The normalized spacial score (nSPS) is 13.5. The summed E-state index contributed by atoms with van der Waals surface area (Å²) in [6, 6.07) is 6.89. The Morgan fingerprint density at radius 2 is 1.84 bits per heavy atom. The highest BCUT2D eigenvalue weighted by atomic mass is 32.2. The Hall–Kier alpha value is -0.720. The van der Waals surface area contributed by atoms with Crippen molar-refractivity contribution in [3.8, 4) is 0 Å². The Balaban J connectivity index is 2.67. The molecule has 0 aliphatic rings. The molecular weight excluding hydrogens is 280 g/mol. The average molecular weight is 302 g/mol. The number of hydrogen-bond donors (Lipinski definition) is 1. The number of benzene rings is 1. The molecule has 108 valence electrons. The molecule has 1 aromatic rings. The van der Waals surface area contributed by atoms with E-state index in [1.807, 2.05) is 23.9 Å². The van der Waals surface area contributed by atoms with Gasteiger partial charge in [-0.3, -0.25) is 0 Å². The first-order valence-electron chi connectivity index (χ1n) is 6.13. The number of hydrogen-bond acceptors (Lipinski definition) is 4. The molecule has 1 unspecified atom stereocenters. The zero-order valence-corrected chi connectivity index (χ0v) is 13.5. The minimum absolute atomic E-state index is 0.320. The molecule has 1 atom stereocenters. The summed E-state index contributed by atoms with van der Waals surface area (Å²) in [6.07, 6.45) is 2.09. The zero-order chi connectivity index (χ0) is 14.5. The predicted octanol–water partition coefficient (Wildman–Crippen LogP) is 2.35. The lowest BCUT2D eigenvalue weighted by Crippen LogP contribution is -2.22. The molecule has 19 heavy (non-hydrogen) atoms. The second-order valence-electron chi connectivity index (χ2n) is 4.75. The summed E-state index contributed by atoms with van der Waals surface area (Å²) in [5, 5.41) is 3.32. The summed E-state index contributed by atoms with van der Waals surface area (Å²) in [5.74, 6) is 1.69. The molecule has 0 aliphatic heterocycles. The number of nitrogens with one attached hydrogen (secondary N) is 1. The lowest BCUT2D eigenvalue weighted by molar-refractivity contribution is 0.521. The molecular formula is C13H22N2O2S2. The third kappa shape index (κ3) is 4.71. The van der Waals surface area contributed by atoms with Crippen molar-refractivity contribution < 1.29 is 8.42 Å². The quantitative estimate of drug-likeness (QED) is 0.840. The molecule has 4 nitrogen and oxygen atoms in total. The van der Waals surface area contributed by atoms with Gasteiger partial charge < -0.3 is 5.32 Å². The van der Waals surface area contributed by atoms with Crippen LogP contribution in [0.2, 0.25) is 0 Å². The third-order valence-corrected chi connectivity index (χ3v) is 5.47. The highest BCUT2D eigenvalue weighted by molar-refractivity contribution is 7.98. The van der Waals surface area contributed by atoms with E-state index < -0.39 is 10.0 Å². The Morgan fingerprint density at radius 3 is 2.32 bits per heavy atom. The minimum Gasteiger partial charge on any atom is -0.385 e. The number of thioether (sulfide) groups is 1. The summed E-state index contributed by atoms with van der Waals surface area (Å²) < 4.78 is 25.0. The van der Waals surface area contributed by atoms with Crippen LogP contribution in [0.4, 0.5) is 5.69 Å². The van der Waals surface area contributed by atoms with Gasteiger partial charge in [0.2, 0.25) is 10.0 Å². The second kappa shape index (κ2) is 7.17. The third-order valence-electron chi connectivity index (χ3n) is 2.74. The van der Waals surface area contributed by atoms with Crippen molar-refractivity contribution in [1.29, 1.82) is 0 Å². The highest BCUT2D eigenvalue weighted by Gasteiger charge is 2.16. The Bertz CT molecular complexity index is 484. The van der Waals surface area contributed by atoms with E-state index >= 15 is 0 Å². The predicted molar refractivity (Wildman–Crippen MR) is 83.4 cm³/mol. The molecule has 0 spiro atoms. The van der Waals surface area contributed by atoms with Crippen molar-refractivity contribution in [2.24, 2.45) is 5.92 Å². The van der Waals surface area contributed by atoms with Crippen LogP contribution in [-0.2, 0) is 10.0 Å². The summed E-state index contributed by atoms with van der Waals surface area (Å²) in [4.78, 5) is 0.320. The van der Waals surface area contributed by atoms with Crippen LogP contribution in [0.15, 0.2) is 29.2 Å². The average Bonchev–Trinajstić information content (AvgIpc) is 2.37. The molecule has 0 amide bonds.